The van der Waals surface area contributed by atoms with Crippen LogP contribution in [0.1, 0.15) is 45.4 Å². The first kappa shape index (κ1) is 16.1. The normalized spacial score (nSPS) is 18.8. The summed E-state index contributed by atoms with van der Waals surface area (Å²) in [5.41, 5.74) is 6.88. The van der Waals surface area contributed by atoms with Crippen molar-refractivity contribution in [2.45, 2.75) is 51.5 Å². The zero-order chi connectivity index (χ0) is 15.1. The summed E-state index contributed by atoms with van der Waals surface area (Å²) in [6.07, 6.45) is 6.77. The molecule has 118 valence electrons. The molecule has 1 unspecified atom stereocenters. The summed E-state index contributed by atoms with van der Waals surface area (Å²) in [6.45, 7) is 4.58. The maximum Gasteiger partial charge on any atom is 0.142 e. The molecule has 21 heavy (non-hydrogen) atoms. The predicted octanol–water partition coefficient (Wildman–Crippen LogP) is 3.71. The van der Waals surface area contributed by atoms with Crippen LogP contribution in [-0.2, 0) is 0 Å². The van der Waals surface area contributed by atoms with E-state index < -0.39 is 0 Å². The summed E-state index contributed by atoms with van der Waals surface area (Å²) in [5.74, 6) is 0.560. The minimum absolute atomic E-state index is 0.166. The Kier molecular flexibility index (Phi) is 6.30. The van der Waals surface area contributed by atoms with E-state index in [1.807, 2.05) is 0 Å². The molecule has 0 radical (unpaired) electrons. The highest BCUT2D eigenvalue weighted by Gasteiger charge is 2.20. The Morgan fingerprint density at radius 3 is 2.95 bits per heavy atom. The molecule has 2 N–H and O–H groups in total. The van der Waals surface area contributed by atoms with Crippen LogP contribution in [0.15, 0.2) is 18.2 Å². The molecule has 0 spiro atoms. The number of nitrogens with two attached hydrogens (primary N) is 1. The van der Waals surface area contributed by atoms with Gasteiger partial charge in [0.05, 0.1) is 12.3 Å². The van der Waals surface area contributed by atoms with Gasteiger partial charge in [-0.1, -0.05) is 26.2 Å². The van der Waals surface area contributed by atoms with E-state index in [1.54, 1.807) is 12.1 Å². The fourth-order valence-corrected chi connectivity index (χ4v) is 2.80. The number of anilines is 1. The van der Waals surface area contributed by atoms with Crippen molar-refractivity contribution in [1.82, 2.24) is 0 Å². The van der Waals surface area contributed by atoms with Crippen LogP contribution in [0, 0.1) is 5.82 Å². The lowest BCUT2D eigenvalue weighted by Crippen LogP contribution is -2.43. The number of piperidine rings is 1. The minimum atomic E-state index is -0.220. The lowest BCUT2D eigenvalue weighted by atomic mass is 10.1. The Morgan fingerprint density at radius 1 is 1.33 bits per heavy atom. The Hall–Kier alpha value is -1.29. The van der Waals surface area contributed by atoms with Crippen LogP contribution in [0.5, 0.6) is 5.75 Å². The highest BCUT2D eigenvalue weighted by Crippen LogP contribution is 2.31. The fraction of sp³-hybridized carbons (Fsp3) is 0.647. The van der Waals surface area contributed by atoms with Crippen LogP contribution in [0.25, 0.3) is 0 Å². The SMILES string of the molecule is CCCCCCOc1ccc(F)cc1N1CCCC(N)C1. The van der Waals surface area contributed by atoms with Gasteiger partial charge in [0, 0.05) is 25.2 Å². The van der Waals surface area contributed by atoms with E-state index in [1.165, 1.54) is 25.3 Å². The van der Waals surface area contributed by atoms with Gasteiger partial charge in [-0.05, 0) is 31.4 Å². The summed E-state index contributed by atoms with van der Waals surface area (Å²) < 4.78 is 19.5. The van der Waals surface area contributed by atoms with Crippen LogP contribution in [0.4, 0.5) is 10.1 Å². The zero-order valence-corrected chi connectivity index (χ0v) is 13.0. The molecule has 1 aromatic rings. The molecule has 1 fully saturated rings. The molecule has 3 nitrogen and oxygen atoms in total. The van der Waals surface area contributed by atoms with E-state index >= 15 is 0 Å². The van der Waals surface area contributed by atoms with Gasteiger partial charge < -0.3 is 15.4 Å². The van der Waals surface area contributed by atoms with Crippen LogP contribution in [0.3, 0.4) is 0 Å². The van der Waals surface area contributed by atoms with Gasteiger partial charge in [-0.15, -0.1) is 0 Å². The third kappa shape index (κ3) is 4.88. The highest BCUT2D eigenvalue weighted by atomic mass is 19.1. The first-order valence-electron chi connectivity index (χ1n) is 8.13. The second-order valence-electron chi connectivity index (χ2n) is 5.87. The lowest BCUT2D eigenvalue weighted by Gasteiger charge is -2.33. The van der Waals surface area contributed by atoms with Gasteiger partial charge in [-0.2, -0.15) is 0 Å². The standard InChI is InChI=1S/C17H27FN2O/c1-2-3-4-5-11-21-17-9-8-14(18)12-16(17)20-10-6-7-15(19)13-20/h8-9,12,15H,2-7,10-11,13,19H2,1H3. The van der Waals surface area contributed by atoms with Gasteiger partial charge >= 0.3 is 0 Å². The van der Waals surface area contributed by atoms with E-state index in [2.05, 4.69) is 11.8 Å². The molecule has 1 atom stereocenters. The number of unbranched alkanes of at least 4 members (excludes halogenated alkanes) is 3. The average Bonchev–Trinajstić information content (AvgIpc) is 2.48. The molecule has 1 heterocycles. The molecule has 0 aromatic heterocycles. The fourth-order valence-electron chi connectivity index (χ4n) is 2.80. The van der Waals surface area contributed by atoms with Crippen LogP contribution in [0.2, 0.25) is 0 Å². The quantitative estimate of drug-likeness (QED) is 0.779. The predicted molar refractivity (Wildman–Crippen MR) is 85.5 cm³/mol. The Morgan fingerprint density at radius 2 is 2.19 bits per heavy atom. The van der Waals surface area contributed by atoms with E-state index in [9.17, 15) is 4.39 Å². The second-order valence-corrected chi connectivity index (χ2v) is 5.87. The van der Waals surface area contributed by atoms with Gasteiger partial charge in [-0.25, -0.2) is 4.39 Å². The number of halogens is 1. The summed E-state index contributed by atoms with van der Waals surface area (Å²) in [4.78, 5) is 2.15. The van der Waals surface area contributed by atoms with Crippen molar-refractivity contribution in [1.29, 1.82) is 0 Å². The molecule has 0 bridgehead atoms. The molecular weight excluding hydrogens is 267 g/mol. The maximum absolute atomic E-state index is 13.6. The Labute approximate surface area is 127 Å². The molecule has 0 amide bonds. The average molecular weight is 294 g/mol. The number of nitrogens with zero attached hydrogens (tertiary/aromatic N) is 1. The van der Waals surface area contributed by atoms with Crippen molar-refractivity contribution in [3.05, 3.63) is 24.0 Å². The van der Waals surface area contributed by atoms with Crippen molar-refractivity contribution in [3.8, 4) is 5.75 Å². The molecular formula is C17H27FN2O. The molecule has 2 rings (SSSR count). The molecule has 0 aliphatic carbocycles. The van der Waals surface area contributed by atoms with Crippen molar-refractivity contribution < 1.29 is 9.13 Å². The van der Waals surface area contributed by atoms with Crippen LogP contribution < -0.4 is 15.4 Å². The van der Waals surface area contributed by atoms with Gasteiger partial charge in [-0.3, -0.25) is 0 Å². The number of hydrogen-bond acceptors (Lipinski definition) is 3. The third-order valence-electron chi connectivity index (χ3n) is 3.97. The molecule has 0 saturated carbocycles. The van der Waals surface area contributed by atoms with Crippen LogP contribution in [-0.4, -0.2) is 25.7 Å². The first-order valence-corrected chi connectivity index (χ1v) is 8.13. The van der Waals surface area contributed by atoms with Gasteiger partial charge in [0.2, 0.25) is 0 Å². The molecule has 4 heteroatoms. The number of hydrogen-bond donors (Lipinski definition) is 1. The zero-order valence-electron chi connectivity index (χ0n) is 13.0. The van der Waals surface area contributed by atoms with Gasteiger partial charge in [0.1, 0.15) is 11.6 Å². The van der Waals surface area contributed by atoms with E-state index in [4.69, 9.17) is 10.5 Å². The summed E-state index contributed by atoms with van der Waals surface area (Å²) in [5, 5.41) is 0. The largest absolute Gasteiger partial charge is 0.491 e. The molecule has 1 saturated heterocycles. The Bertz CT molecular complexity index is 439. The highest BCUT2D eigenvalue weighted by molar-refractivity contribution is 5.59. The van der Waals surface area contributed by atoms with Crippen molar-refractivity contribution in [3.63, 3.8) is 0 Å². The van der Waals surface area contributed by atoms with E-state index in [-0.39, 0.29) is 11.9 Å². The first-order chi connectivity index (χ1) is 10.2. The summed E-state index contributed by atoms with van der Waals surface area (Å²) >= 11 is 0. The van der Waals surface area contributed by atoms with Gasteiger partial charge in [0.25, 0.3) is 0 Å². The lowest BCUT2D eigenvalue weighted by molar-refractivity contribution is 0.304. The van der Waals surface area contributed by atoms with E-state index in [0.717, 1.165) is 43.8 Å². The molecule has 1 aromatic carbocycles. The smallest absolute Gasteiger partial charge is 0.142 e. The van der Waals surface area contributed by atoms with Crippen LogP contribution >= 0.6 is 0 Å². The van der Waals surface area contributed by atoms with Crippen molar-refractivity contribution >= 4 is 5.69 Å². The van der Waals surface area contributed by atoms with Crippen molar-refractivity contribution in [2.24, 2.45) is 5.73 Å². The monoisotopic (exact) mass is 294 g/mol. The van der Waals surface area contributed by atoms with E-state index in [0.29, 0.717) is 6.61 Å². The number of benzene rings is 1. The minimum Gasteiger partial charge on any atom is -0.491 e. The number of ether oxygens (including phenoxy) is 1. The second kappa shape index (κ2) is 8.23. The van der Waals surface area contributed by atoms with Gasteiger partial charge in [0.15, 0.2) is 0 Å². The van der Waals surface area contributed by atoms with Crippen molar-refractivity contribution in [2.75, 3.05) is 24.6 Å². The number of rotatable bonds is 7. The third-order valence-corrected chi connectivity index (χ3v) is 3.97. The summed E-state index contributed by atoms with van der Waals surface area (Å²) in [6, 6.07) is 4.94. The topological polar surface area (TPSA) is 38.5 Å². The summed E-state index contributed by atoms with van der Waals surface area (Å²) in [7, 11) is 0. The molecule has 1 aliphatic heterocycles. The maximum atomic E-state index is 13.6. The molecule has 1 aliphatic rings. The Balaban J connectivity index is 1.99.